The van der Waals surface area contributed by atoms with Crippen LogP contribution in [0.15, 0.2) is 164 Å². The number of esters is 3. The van der Waals surface area contributed by atoms with E-state index in [9.17, 15) is 14.4 Å². The Morgan fingerprint density at radius 1 is 0.353 bits per heavy atom. The lowest BCUT2D eigenvalue weighted by atomic mass is 10.2. The van der Waals surface area contributed by atoms with Crippen molar-refractivity contribution in [1.82, 2.24) is 0 Å². The molecule has 0 spiro atoms. The van der Waals surface area contributed by atoms with Gasteiger partial charge in [0.2, 0.25) is 0 Å². The van der Waals surface area contributed by atoms with Crippen molar-refractivity contribution in [2.24, 2.45) is 0 Å². The Kier molecular flexibility index (Phi) is 11.3. The summed E-state index contributed by atoms with van der Waals surface area (Å²) >= 11 is 0. The summed E-state index contributed by atoms with van der Waals surface area (Å²) in [6, 6.07) is 46.9. The predicted octanol–water partition coefficient (Wildman–Crippen LogP) is 9.30. The third-order valence-corrected chi connectivity index (χ3v) is 7.28. The molecule has 0 aliphatic rings. The van der Waals surface area contributed by atoms with Gasteiger partial charge in [0, 0.05) is 0 Å². The molecule has 0 saturated carbocycles. The first kappa shape index (κ1) is 34.0. The fourth-order valence-electron chi connectivity index (χ4n) is 4.69. The van der Waals surface area contributed by atoms with Gasteiger partial charge in [-0.1, -0.05) is 54.6 Å². The first-order valence-corrected chi connectivity index (χ1v) is 16.0. The second kappa shape index (κ2) is 17.0. The first-order chi connectivity index (χ1) is 25.0. The van der Waals surface area contributed by atoms with Crippen LogP contribution < -0.4 is 14.2 Å². The monoisotopic (exact) mass is 680 g/mol. The van der Waals surface area contributed by atoms with E-state index in [1.165, 1.54) is 0 Å². The molecule has 9 nitrogen and oxygen atoms in total. The van der Waals surface area contributed by atoms with Gasteiger partial charge >= 0.3 is 17.9 Å². The largest absolute Gasteiger partial charge is 0.458 e. The number of benzene rings is 6. The van der Waals surface area contributed by atoms with Crippen LogP contribution in [0.5, 0.6) is 34.5 Å². The Labute approximate surface area is 294 Å². The van der Waals surface area contributed by atoms with E-state index < -0.39 is 24.0 Å². The molecule has 0 aromatic heterocycles. The van der Waals surface area contributed by atoms with Crippen molar-refractivity contribution < 1.29 is 42.8 Å². The van der Waals surface area contributed by atoms with Crippen LogP contribution in [0.25, 0.3) is 0 Å². The van der Waals surface area contributed by atoms with Crippen molar-refractivity contribution >= 4 is 17.9 Å². The summed E-state index contributed by atoms with van der Waals surface area (Å²) in [5.74, 6) is 1.53. The number of carbonyl (C=O) groups excluding carboxylic acids is 3. The van der Waals surface area contributed by atoms with Gasteiger partial charge in [0.05, 0.1) is 16.7 Å². The minimum Gasteiger partial charge on any atom is -0.458 e. The van der Waals surface area contributed by atoms with Crippen LogP contribution in [-0.4, -0.2) is 37.2 Å². The summed E-state index contributed by atoms with van der Waals surface area (Å²) in [6.07, 6.45) is -1.12. The zero-order valence-corrected chi connectivity index (χ0v) is 27.3. The molecule has 6 aromatic carbocycles. The van der Waals surface area contributed by atoms with Crippen molar-refractivity contribution in [3.63, 3.8) is 0 Å². The van der Waals surface area contributed by atoms with Crippen molar-refractivity contribution in [3.8, 4) is 34.5 Å². The lowest BCUT2D eigenvalue weighted by Crippen LogP contribution is -2.31. The van der Waals surface area contributed by atoms with Crippen molar-refractivity contribution in [2.45, 2.75) is 6.10 Å². The number of carbonyl (C=O) groups is 3. The minimum absolute atomic E-state index is 0.223. The zero-order valence-electron chi connectivity index (χ0n) is 27.3. The average Bonchev–Trinajstić information content (AvgIpc) is 3.17. The second-order valence-electron chi connectivity index (χ2n) is 11.0. The highest BCUT2D eigenvalue weighted by Crippen LogP contribution is 2.24. The van der Waals surface area contributed by atoms with Gasteiger partial charge in [0.25, 0.3) is 0 Å². The maximum absolute atomic E-state index is 13.2. The third-order valence-electron chi connectivity index (χ3n) is 7.28. The molecule has 0 fully saturated rings. The topological polar surface area (TPSA) is 107 Å². The quantitative estimate of drug-likeness (QED) is 0.0822. The summed E-state index contributed by atoms with van der Waals surface area (Å²) < 4.78 is 34.0. The van der Waals surface area contributed by atoms with Gasteiger partial charge in [-0.05, 0) is 109 Å². The lowest BCUT2D eigenvalue weighted by molar-refractivity contribution is -0.0253. The Balaban J connectivity index is 1.08. The second-order valence-corrected chi connectivity index (χ2v) is 11.0. The van der Waals surface area contributed by atoms with E-state index in [0.717, 1.165) is 0 Å². The molecule has 0 aliphatic carbocycles. The van der Waals surface area contributed by atoms with Crippen LogP contribution in [0.4, 0.5) is 0 Å². The van der Waals surface area contributed by atoms with Gasteiger partial charge in [-0.15, -0.1) is 0 Å². The summed E-state index contributed by atoms with van der Waals surface area (Å²) in [4.78, 5) is 39.1. The highest BCUT2D eigenvalue weighted by molar-refractivity contribution is 5.91. The van der Waals surface area contributed by atoms with Gasteiger partial charge in [-0.25, -0.2) is 14.4 Å². The molecule has 0 radical (unpaired) electrons. The molecule has 0 N–H and O–H groups in total. The van der Waals surface area contributed by atoms with Crippen molar-refractivity contribution in [1.29, 1.82) is 0 Å². The van der Waals surface area contributed by atoms with E-state index in [0.29, 0.717) is 34.5 Å². The van der Waals surface area contributed by atoms with Crippen LogP contribution >= 0.6 is 0 Å². The number of rotatable bonds is 14. The Hall–Kier alpha value is -6.87. The smallest absolute Gasteiger partial charge is 0.338 e. The molecule has 0 atom stereocenters. The summed E-state index contributed by atoms with van der Waals surface area (Å²) in [6.45, 7) is -0.752. The van der Waals surface area contributed by atoms with Crippen LogP contribution in [-0.2, 0) is 14.2 Å². The van der Waals surface area contributed by atoms with Gasteiger partial charge in [0.1, 0.15) is 47.7 Å². The molecule has 6 rings (SSSR count). The first-order valence-electron chi connectivity index (χ1n) is 16.0. The van der Waals surface area contributed by atoms with E-state index in [1.54, 1.807) is 72.8 Å². The van der Waals surface area contributed by atoms with E-state index in [-0.39, 0.29) is 29.9 Å². The molecule has 9 heteroatoms. The summed E-state index contributed by atoms with van der Waals surface area (Å²) in [5, 5.41) is 0. The zero-order chi connectivity index (χ0) is 35.3. The fourth-order valence-corrected chi connectivity index (χ4v) is 4.69. The number of hydrogen-bond acceptors (Lipinski definition) is 9. The molecule has 254 valence electrons. The van der Waals surface area contributed by atoms with Gasteiger partial charge < -0.3 is 28.4 Å². The number of para-hydroxylation sites is 3. The molecule has 0 amide bonds. The predicted molar refractivity (Wildman–Crippen MR) is 189 cm³/mol. The van der Waals surface area contributed by atoms with E-state index in [1.807, 2.05) is 91.0 Å². The maximum Gasteiger partial charge on any atom is 0.338 e. The Morgan fingerprint density at radius 3 is 0.941 bits per heavy atom. The molecular weight excluding hydrogens is 648 g/mol. The molecule has 0 saturated heterocycles. The van der Waals surface area contributed by atoms with E-state index in [2.05, 4.69) is 0 Å². The molecule has 6 aromatic rings. The molecule has 0 aliphatic heterocycles. The fraction of sp³-hybridized carbons (Fsp3) is 0.0714. The van der Waals surface area contributed by atoms with Gasteiger partial charge in [-0.2, -0.15) is 0 Å². The average molecular weight is 681 g/mol. The number of hydrogen-bond donors (Lipinski definition) is 0. The van der Waals surface area contributed by atoms with Crippen LogP contribution in [0.1, 0.15) is 31.1 Å². The minimum atomic E-state index is -1.12. The Morgan fingerprint density at radius 2 is 0.627 bits per heavy atom. The van der Waals surface area contributed by atoms with E-state index in [4.69, 9.17) is 28.4 Å². The van der Waals surface area contributed by atoms with Crippen molar-refractivity contribution in [2.75, 3.05) is 13.2 Å². The molecule has 0 unspecified atom stereocenters. The summed E-state index contributed by atoms with van der Waals surface area (Å²) in [7, 11) is 0. The van der Waals surface area contributed by atoms with Crippen LogP contribution in [0.3, 0.4) is 0 Å². The molecule has 0 heterocycles. The molecular formula is C42H32O9. The van der Waals surface area contributed by atoms with Crippen LogP contribution in [0.2, 0.25) is 0 Å². The normalized spacial score (nSPS) is 10.5. The van der Waals surface area contributed by atoms with E-state index >= 15 is 0 Å². The SMILES string of the molecule is O=C(OCC(COC(=O)c1ccc(Oc2ccccc2)cc1)OC(=O)c1ccc(Oc2ccccc2)cc1)c1ccc(Oc2ccccc2)cc1. The Bertz CT molecular complexity index is 1910. The highest BCUT2D eigenvalue weighted by Gasteiger charge is 2.22. The standard InChI is InChI=1S/C42H32O9/c43-40(30-16-22-36(23-17-30)48-33-10-4-1-5-11-33)46-28-39(51-42(45)32-20-26-38(27-21-32)50-35-14-8-3-9-15-35)29-47-41(44)31-18-24-37(25-19-31)49-34-12-6-2-7-13-34/h1-27,39H,28-29H2. The van der Waals surface area contributed by atoms with Crippen LogP contribution in [0, 0.1) is 0 Å². The van der Waals surface area contributed by atoms with Gasteiger partial charge in [0.15, 0.2) is 6.10 Å². The van der Waals surface area contributed by atoms with Gasteiger partial charge in [-0.3, -0.25) is 0 Å². The lowest BCUT2D eigenvalue weighted by Gasteiger charge is -2.18. The molecule has 51 heavy (non-hydrogen) atoms. The summed E-state index contributed by atoms with van der Waals surface area (Å²) in [5.41, 5.74) is 0.731. The third kappa shape index (κ3) is 10.1. The maximum atomic E-state index is 13.2. The van der Waals surface area contributed by atoms with Crippen molar-refractivity contribution in [3.05, 3.63) is 180 Å². The number of ether oxygens (including phenoxy) is 6. The highest BCUT2D eigenvalue weighted by atomic mass is 16.6. The molecule has 0 bridgehead atoms.